The normalized spacial score (nSPS) is 14.7. The summed E-state index contributed by atoms with van der Waals surface area (Å²) in [5.41, 5.74) is 3.19. The van der Waals surface area contributed by atoms with Crippen LogP contribution in [-0.4, -0.2) is 52.4 Å². The monoisotopic (exact) mass is 399 g/mol. The molecular formula is C21H22ClN3O3. The average Bonchev–Trinajstić information content (AvgIpc) is 3.18. The van der Waals surface area contributed by atoms with Crippen molar-refractivity contribution in [1.29, 1.82) is 0 Å². The number of carbonyl (C=O) groups excluding carboxylic acids is 2. The van der Waals surface area contributed by atoms with Gasteiger partial charge in [0.05, 0.1) is 5.52 Å². The second-order valence-electron chi connectivity index (χ2n) is 7.15. The molecule has 0 unspecified atom stereocenters. The van der Waals surface area contributed by atoms with Crippen molar-refractivity contribution in [1.82, 2.24) is 14.4 Å². The Balaban J connectivity index is 1.66. The van der Waals surface area contributed by atoms with E-state index in [-0.39, 0.29) is 11.8 Å². The van der Waals surface area contributed by atoms with E-state index in [1.165, 1.54) is 0 Å². The minimum Gasteiger partial charge on any atom is -0.460 e. The van der Waals surface area contributed by atoms with E-state index in [0.29, 0.717) is 49.0 Å². The van der Waals surface area contributed by atoms with Crippen molar-refractivity contribution >= 4 is 34.5 Å². The third-order valence-corrected chi connectivity index (χ3v) is 5.41. The third kappa shape index (κ3) is 3.52. The van der Waals surface area contributed by atoms with Crippen LogP contribution in [0.25, 0.3) is 11.1 Å². The molecule has 1 aromatic carbocycles. The summed E-state index contributed by atoms with van der Waals surface area (Å²) in [5, 5.41) is 0.664. The van der Waals surface area contributed by atoms with E-state index in [0.717, 1.165) is 16.8 Å². The lowest BCUT2D eigenvalue weighted by Gasteiger charge is -2.34. The van der Waals surface area contributed by atoms with Crippen LogP contribution in [0.3, 0.4) is 0 Å². The van der Waals surface area contributed by atoms with E-state index in [9.17, 15) is 9.59 Å². The lowest BCUT2D eigenvalue weighted by molar-refractivity contribution is -0.130. The first-order valence-electron chi connectivity index (χ1n) is 9.31. The molecule has 3 heterocycles. The number of hydrogen-bond acceptors (Lipinski definition) is 3. The fourth-order valence-corrected chi connectivity index (χ4v) is 3.93. The maximum absolute atomic E-state index is 13.2. The van der Waals surface area contributed by atoms with Gasteiger partial charge in [0.2, 0.25) is 5.91 Å². The van der Waals surface area contributed by atoms with Gasteiger partial charge >= 0.3 is 0 Å². The van der Waals surface area contributed by atoms with Gasteiger partial charge in [-0.05, 0) is 24.6 Å². The topological polar surface area (TPSA) is 58.7 Å². The highest BCUT2D eigenvalue weighted by atomic mass is 35.5. The number of aromatic nitrogens is 1. The van der Waals surface area contributed by atoms with Gasteiger partial charge in [-0.25, -0.2) is 0 Å². The highest BCUT2D eigenvalue weighted by Crippen LogP contribution is 2.26. The fraction of sp³-hybridized carbons (Fsp3) is 0.333. The average molecular weight is 400 g/mol. The Morgan fingerprint density at radius 3 is 2.46 bits per heavy atom. The number of benzene rings is 1. The molecule has 0 bridgehead atoms. The number of fused-ring (bicyclic) bond motifs is 1. The summed E-state index contributed by atoms with van der Waals surface area (Å²) in [6, 6.07) is 11.4. The van der Waals surface area contributed by atoms with Crippen LogP contribution in [0.15, 0.2) is 40.8 Å². The molecule has 0 N–H and O–H groups in total. The molecule has 28 heavy (non-hydrogen) atoms. The summed E-state index contributed by atoms with van der Waals surface area (Å²) in [4.78, 5) is 28.3. The summed E-state index contributed by atoms with van der Waals surface area (Å²) in [7, 11) is 0. The molecule has 2 amide bonds. The van der Waals surface area contributed by atoms with Gasteiger partial charge in [0.15, 0.2) is 5.58 Å². The van der Waals surface area contributed by atoms with Gasteiger partial charge in [-0.3, -0.25) is 9.59 Å². The summed E-state index contributed by atoms with van der Waals surface area (Å²) in [6.45, 7) is 6.16. The van der Waals surface area contributed by atoms with Crippen molar-refractivity contribution in [2.24, 2.45) is 0 Å². The molecular weight excluding hydrogens is 378 g/mol. The van der Waals surface area contributed by atoms with Crippen molar-refractivity contribution in [3.63, 3.8) is 0 Å². The fourth-order valence-electron chi connectivity index (χ4n) is 3.72. The van der Waals surface area contributed by atoms with E-state index >= 15 is 0 Å². The first-order chi connectivity index (χ1) is 13.4. The molecule has 2 aromatic heterocycles. The van der Waals surface area contributed by atoms with Gasteiger partial charge in [-0.1, -0.05) is 23.7 Å². The minimum atomic E-state index is -0.0470. The van der Waals surface area contributed by atoms with E-state index < -0.39 is 0 Å². The zero-order valence-corrected chi connectivity index (χ0v) is 16.7. The van der Waals surface area contributed by atoms with Crippen LogP contribution in [0.4, 0.5) is 0 Å². The summed E-state index contributed by atoms with van der Waals surface area (Å²) in [5.74, 6) is 0.803. The lowest BCUT2D eigenvalue weighted by Crippen LogP contribution is -2.50. The largest absolute Gasteiger partial charge is 0.460 e. The molecule has 4 rings (SSSR count). The van der Waals surface area contributed by atoms with Crippen molar-refractivity contribution < 1.29 is 14.0 Å². The van der Waals surface area contributed by atoms with Gasteiger partial charge in [0.25, 0.3) is 5.91 Å². The molecule has 0 saturated carbocycles. The predicted molar refractivity (Wildman–Crippen MR) is 108 cm³/mol. The molecule has 3 aromatic rings. The summed E-state index contributed by atoms with van der Waals surface area (Å²) in [6.07, 6.45) is 0. The Morgan fingerprint density at radius 1 is 1.07 bits per heavy atom. The Morgan fingerprint density at radius 2 is 1.79 bits per heavy atom. The van der Waals surface area contributed by atoms with Crippen LogP contribution in [-0.2, 0) is 11.3 Å². The van der Waals surface area contributed by atoms with Crippen molar-refractivity contribution in [3.05, 3.63) is 58.4 Å². The van der Waals surface area contributed by atoms with Gasteiger partial charge in [-0.2, -0.15) is 0 Å². The van der Waals surface area contributed by atoms with Gasteiger partial charge in [0.1, 0.15) is 11.5 Å². The molecule has 146 valence electrons. The van der Waals surface area contributed by atoms with Crippen LogP contribution < -0.4 is 0 Å². The second-order valence-corrected chi connectivity index (χ2v) is 7.59. The second kappa shape index (κ2) is 7.36. The zero-order chi connectivity index (χ0) is 19.8. The predicted octanol–water partition coefficient (Wildman–Crippen LogP) is 3.55. The molecule has 1 fully saturated rings. The highest BCUT2D eigenvalue weighted by Gasteiger charge is 2.27. The maximum Gasteiger partial charge on any atom is 0.270 e. The number of aryl methyl sites for hydroxylation is 1. The number of piperazine rings is 1. The Kier molecular flexibility index (Phi) is 4.89. The third-order valence-electron chi connectivity index (χ3n) is 5.17. The smallest absolute Gasteiger partial charge is 0.270 e. The number of furan rings is 1. The zero-order valence-electron chi connectivity index (χ0n) is 15.9. The first-order valence-corrected chi connectivity index (χ1v) is 9.69. The molecule has 0 spiro atoms. The number of rotatable bonds is 3. The Hall–Kier alpha value is -2.73. The van der Waals surface area contributed by atoms with E-state index in [1.54, 1.807) is 16.7 Å². The number of hydrogen-bond donors (Lipinski definition) is 0. The first kappa shape index (κ1) is 18.6. The molecule has 6 nitrogen and oxygen atoms in total. The quantitative estimate of drug-likeness (QED) is 0.676. The molecule has 1 saturated heterocycles. The van der Waals surface area contributed by atoms with Crippen LogP contribution in [0.5, 0.6) is 0 Å². The standard InChI is InChI=1S/C21H22ClN3O3/c1-14-10-18-20(28-14)12-19(25(18)13-16-4-3-5-17(22)11-16)21(27)24-8-6-23(7-9-24)15(2)26/h3-5,10-12H,6-9,13H2,1-2H3. The van der Waals surface area contributed by atoms with Crippen molar-refractivity contribution in [2.75, 3.05) is 26.2 Å². The summed E-state index contributed by atoms with van der Waals surface area (Å²) >= 11 is 6.14. The van der Waals surface area contributed by atoms with Crippen LogP contribution in [0.2, 0.25) is 5.02 Å². The highest BCUT2D eigenvalue weighted by molar-refractivity contribution is 6.30. The maximum atomic E-state index is 13.2. The minimum absolute atomic E-state index is 0.0458. The lowest BCUT2D eigenvalue weighted by atomic mass is 10.2. The van der Waals surface area contributed by atoms with Crippen LogP contribution >= 0.6 is 11.6 Å². The molecule has 1 aliphatic rings. The van der Waals surface area contributed by atoms with E-state index in [2.05, 4.69) is 0 Å². The van der Waals surface area contributed by atoms with Crippen LogP contribution in [0, 0.1) is 6.92 Å². The molecule has 1 aliphatic heterocycles. The molecule has 0 aliphatic carbocycles. The van der Waals surface area contributed by atoms with Crippen molar-refractivity contribution in [2.45, 2.75) is 20.4 Å². The summed E-state index contributed by atoms with van der Waals surface area (Å²) < 4.78 is 7.75. The Bertz CT molecular complexity index is 1040. The van der Waals surface area contributed by atoms with E-state index in [4.69, 9.17) is 16.0 Å². The SMILES string of the molecule is CC(=O)N1CCN(C(=O)c2cc3oc(C)cc3n2Cc2cccc(Cl)c2)CC1. The van der Waals surface area contributed by atoms with Crippen LogP contribution in [0.1, 0.15) is 28.7 Å². The van der Waals surface area contributed by atoms with Gasteiger partial charge < -0.3 is 18.8 Å². The van der Waals surface area contributed by atoms with Gasteiger partial charge in [-0.15, -0.1) is 0 Å². The number of halogens is 1. The molecule has 7 heteroatoms. The molecule has 0 atom stereocenters. The number of amides is 2. The molecule has 0 radical (unpaired) electrons. The Labute approximate surface area is 168 Å². The van der Waals surface area contributed by atoms with E-state index in [1.807, 2.05) is 47.9 Å². The number of carbonyl (C=O) groups is 2. The van der Waals surface area contributed by atoms with Gasteiger partial charge in [0, 0.05) is 56.8 Å². The van der Waals surface area contributed by atoms with Crippen molar-refractivity contribution in [3.8, 4) is 0 Å². The number of nitrogens with zero attached hydrogens (tertiary/aromatic N) is 3.